The van der Waals surface area contributed by atoms with E-state index in [9.17, 15) is 4.39 Å². The summed E-state index contributed by atoms with van der Waals surface area (Å²) in [5, 5.41) is 1.16. The summed E-state index contributed by atoms with van der Waals surface area (Å²) in [5.74, 6) is 0.838. The number of hydrogen-bond acceptors (Lipinski definition) is 6. The molecule has 5 rings (SSSR count). The number of hydrogen-bond donors (Lipinski definition) is 0. The van der Waals surface area contributed by atoms with E-state index in [0.29, 0.717) is 6.04 Å². The maximum atomic E-state index is 13.6. The van der Waals surface area contributed by atoms with Gasteiger partial charge in [-0.1, -0.05) is 43.0 Å². The van der Waals surface area contributed by atoms with Crippen LogP contribution in [-0.2, 0) is 12.8 Å². The van der Waals surface area contributed by atoms with E-state index in [1.165, 1.54) is 15.2 Å². The van der Waals surface area contributed by atoms with Crippen molar-refractivity contribution in [1.29, 1.82) is 0 Å². The van der Waals surface area contributed by atoms with Crippen LogP contribution in [0.15, 0.2) is 62.6 Å². The first kappa shape index (κ1) is 24.2. The highest BCUT2D eigenvalue weighted by molar-refractivity contribution is 8.01. The molecule has 0 spiro atoms. The Kier molecular flexibility index (Phi) is 7.74. The number of rotatable bonds is 4. The zero-order chi connectivity index (χ0) is 22.1. The minimum absolute atomic E-state index is 0. The van der Waals surface area contributed by atoms with E-state index in [1.807, 2.05) is 6.07 Å². The number of thiazole rings is 1. The van der Waals surface area contributed by atoms with Crippen molar-refractivity contribution in [2.45, 2.75) is 41.3 Å². The van der Waals surface area contributed by atoms with Crippen LogP contribution in [0.3, 0.4) is 0 Å². The molecular weight excluding hydrogens is 475 g/mol. The molecule has 3 heterocycles. The van der Waals surface area contributed by atoms with Gasteiger partial charge in [0.25, 0.3) is 0 Å². The molecule has 1 aromatic heterocycles. The van der Waals surface area contributed by atoms with E-state index in [0.717, 1.165) is 66.7 Å². The second-order valence-electron chi connectivity index (χ2n) is 8.35. The van der Waals surface area contributed by atoms with Crippen LogP contribution in [0.5, 0.6) is 0 Å². The highest BCUT2D eigenvalue weighted by atomic mass is 35.5. The summed E-state index contributed by atoms with van der Waals surface area (Å²) in [4.78, 5) is 16.2. The van der Waals surface area contributed by atoms with Crippen LogP contribution in [0, 0.1) is 5.82 Å². The molecule has 0 aliphatic carbocycles. The average molecular weight is 503 g/mol. The van der Waals surface area contributed by atoms with E-state index in [-0.39, 0.29) is 18.2 Å². The smallest absolute Gasteiger partial charge is 0.157 e. The molecule has 2 aliphatic heterocycles. The maximum Gasteiger partial charge on any atom is 0.157 e. The highest BCUT2D eigenvalue weighted by Crippen LogP contribution is 2.43. The number of benzene rings is 2. The van der Waals surface area contributed by atoms with Crippen LogP contribution in [0.2, 0.25) is 0 Å². The second kappa shape index (κ2) is 10.6. The molecule has 0 amide bonds. The summed E-state index contributed by atoms with van der Waals surface area (Å²) >= 11 is 3.57. The molecule has 174 valence electrons. The largest absolute Gasteiger partial charge is 0.352 e. The van der Waals surface area contributed by atoms with Gasteiger partial charge in [-0.2, -0.15) is 0 Å². The van der Waals surface area contributed by atoms with Gasteiger partial charge in [0, 0.05) is 30.6 Å². The Balaban J connectivity index is 0.00000259. The zero-order valence-corrected chi connectivity index (χ0v) is 21.3. The molecule has 0 radical (unpaired) electrons. The molecule has 1 fully saturated rings. The monoisotopic (exact) mass is 502 g/mol. The first-order chi connectivity index (χ1) is 15.6. The topological polar surface area (TPSA) is 31.7 Å². The summed E-state index contributed by atoms with van der Waals surface area (Å²) in [6.07, 6.45) is 2.79. The van der Waals surface area contributed by atoms with Gasteiger partial charge in [-0.15, -0.1) is 23.7 Å². The van der Waals surface area contributed by atoms with Crippen LogP contribution in [0.4, 0.5) is 10.1 Å². The average Bonchev–Trinajstić information content (AvgIpc) is 3.14. The number of nitrogens with zero attached hydrogens (tertiary/aromatic N) is 4. The third-order valence-corrected chi connectivity index (χ3v) is 8.62. The van der Waals surface area contributed by atoms with Gasteiger partial charge in [0.05, 0.1) is 14.9 Å². The lowest BCUT2D eigenvalue weighted by atomic mass is 10.0. The SMILES string of the molecule is CCc1nc2c(s1)Sc1ccccc1N=C2N1CCN(C)C(CCc2cccc(F)c2)C1.Cl. The lowest BCUT2D eigenvalue weighted by molar-refractivity contribution is 0.134. The number of para-hydroxylation sites is 1. The van der Waals surface area contributed by atoms with Crippen molar-refractivity contribution in [3.63, 3.8) is 0 Å². The normalized spacial score (nSPS) is 18.1. The fraction of sp³-hybridized carbons (Fsp3) is 0.360. The summed E-state index contributed by atoms with van der Waals surface area (Å²) in [6.45, 7) is 4.96. The Morgan fingerprint density at radius 3 is 2.79 bits per heavy atom. The van der Waals surface area contributed by atoms with E-state index in [4.69, 9.17) is 9.98 Å². The second-order valence-corrected chi connectivity index (χ2v) is 10.7. The minimum Gasteiger partial charge on any atom is -0.352 e. The Bertz CT molecular complexity index is 1150. The molecule has 2 aliphatic rings. The van der Waals surface area contributed by atoms with Gasteiger partial charge in [0.15, 0.2) is 5.84 Å². The summed E-state index contributed by atoms with van der Waals surface area (Å²) in [7, 11) is 2.19. The van der Waals surface area contributed by atoms with Gasteiger partial charge >= 0.3 is 0 Å². The first-order valence-corrected chi connectivity index (χ1v) is 12.8. The Labute approximate surface area is 209 Å². The highest BCUT2D eigenvalue weighted by Gasteiger charge is 2.31. The molecule has 1 unspecified atom stereocenters. The molecule has 0 N–H and O–H groups in total. The van der Waals surface area contributed by atoms with Crippen LogP contribution in [0.1, 0.15) is 29.6 Å². The fourth-order valence-corrected chi connectivity index (χ4v) is 6.56. The predicted octanol–water partition coefficient (Wildman–Crippen LogP) is 6.06. The molecule has 1 saturated heterocycles. The number of aliphatic imine (C=N–C) groups is 1. The Hall–Kier alpha value is -1.93. The van der Waals surface area contributed by atoms with E-state index < -0.39 is 0 Å². The van der Waals surface area contributed by atoms with Crippen molar-refractivity contribution >= 4 is 47.0 Å². The summed E-state index contributed by atoms with van der Waals surface area (Å²) < 4.78 is 14.8. The van der Waals surface area contributed by atoms with Crippen LogP contribution in [0.25, 0.3) is 0 Å². The number of halogens is 2. The lowest BCUT2D eigenvalue weighted by Crippen LogP contribution is -2.53. The summed E-state index contributed by atoms with van der Waals surface area (Å²) in [6, 6.07) is 15.7. The molecule has 2 aromatic carbocycles. The third-order valence-electron chi connectivity index (χ3n) is 6.18. The molecule has 3 aromatic rings. The Morgan fingerprint density at radius 2 is 1.97 bits per heavy atom. The quantitative estimate of drug-likeness (QED) is 0.434. The predicted molar refractivity (Wildman–Crippen MR) is 138 cm³/mol. The third kappa shape index (κ3) is 5.27. The van der Waals surface area contributed by atoms with Gasteiger partial charge < -0.3 is 4.90 Å². The van der Waals surface area contributed by atoms with E-state index >= 15 is 0 Å². The van der Waals surface area contributed by atoms with Gasteiger partial charge in [-0.05, 0) is 56.1 Å². The van der Waals surface area contributed by atoms with E-state index in [2.05, 4.69) is 48.0 Å². The van der Waals surface area contributed by atoms with Gasteiger partial charge in [0.2, 0.25) is 0 Å². The minimum atomic E-state index is -0.159. The van der Waals surface area contributed by atoms with Crippen molar-refractivity contribution in [1.82, 2.24) is 14.8 Å². The van der Waals surface area contributed by atoms with Crippen molar-refractivity contribution in [3.05, 3.63) is 70.6 Å². The number of fused-ring (bicyclic) bond motifs is 2. The number of aryl methyl sites for hydroxylation is 2. The number of aromatic nitrogens is 1. The van der Waals surface area contributed by atoms with Gasteiger partial charge in [-0.3, -0.25) is 4.90 Å². The van der Waals surface area contributed by atoms with Gasteiger partial charge in [-0.25, -0.2) is 14.4 Å². The van der Waals surface area contributed by atoms with Crippen LogP contribution in [-0.4, -0.2) is 53.3 Å². The number of piperazine rings is 1. The Morgan fingerprint density at radius 1 is 1.12 bits per heavy atom. The summed E-state index contributed by atoms with van der Waals surface area (Å²) in [5.41, 5.74) is 3.11. The molecular formula is C25H28ClFN4S2. The van der Waals surface area contributed by atoms with Crippen molar-refractivity contribution in [3.8, 4) is 0 Å². The first-order valence-electron chi connectivity index (χ1n) is 11.2. The number of amidine groups is 1. The maximum absolute atomic E-state index is 13.6. The van der Waals surface area contributed by atoms with Gasteiger partial charge in [0.1, 0.15) is 11.5 Å². The molecule has 8 heteroatoms. The van der Waals surface area contributed by atoms with E-state index in [1.54, 1.807) is 35.2 Å². The lowest BCUT2D eigenvalue weighted by Gasteiger charge is -2.40. The molecule has 4 nitrogen and oxygen atoms in total. The molecule has 0 saturated carbocycles. The fourth-order valence-electron chi connectivity index (χ4n) is 4.31. The number of likely N-dealkylation sites (N-methyl/N-ethyl adjacent to an activating group) is 1. The van der Waals surface area contributed by atoms with Crippen LogP contribution >= 0.6 is 35.5 Å². The zero-order valence-electron chi connectivity index (χ0n) is 18.8. The molecule has 33 heavy (non-hydrogen) atoms. The molecule has 1 atom stereocenters. The standard InChI is InChI=1S/C25H27FN4S2.ClH/c1-3-22-28-23-24(27-20-9-4-5-10-21(20)31-25(23)32-22)30-14-13-29(2)19(16-30)12-11-17-7-6-8-18(26)15-17;/h4-10,15,19H,3,11-14,16H2,1-2H3;1H. The van der Waals surface area contributed by atoms with Crippen LogP contribution < -0.4 is 0 Å². The van der Waals surface area contributed by atoms with Crippen molar-refractivity contribution in [2.75, 3.05) is 26.7 Å². The van der Waals surface area contributed by atoms with Crippen molar-refractivity contribution in [2.24, 2.45) is 4.99 Å². The van der Waals surface area contributed by atoms with Crippen molar-refractivity contribution < 1.29 is 4.39 Å². The molecule has 0 bridgehead atoms.